The van der Waals surface area contributed by atoms with E-state index in [0.29, 0.717) is 37.2 Å². The third kappa shape index (κ3) is 5.80. The van der Waals surface area contributed by atoms with Crippen LogP contribution in [0.25, 0.3) is 0 Å². The van der Waals surface area contributed by atoms with Crippen molar-refractivity contribution in [2.75, 3.05) is 18.4 Å². The van der Waals surface area contributed by atoms with Gasteiger partial charge < -0.3 is 10.2 Å². The van der Waals surface area contributed by atoms with E-state index in [4.69, 9.17) is 0 Å². The van der Waals surface area contributed by atoms with Crippen LogP contribution in [0.1, 0.15) is 37.0 Å². The molecule has 0 aliphatic carbocycles. The molecule has 2 N–H and O–H groups in total. The number of carbonyl (C=O) groups excluding carboxylic acids is 3. The quantitative estimate of drug-likeness (QED) is 0.620. The van der Waals surface area contributed by atoms with Crippen LogP contribution in [0.15, 0.2) is 59.5 Å². The van der Waals surface area contributed by atoms with Crippen molar-refractivity contribution < 1.29 is 22.8 Å². The molecule has 8 nitrogen and oxygen atoms in total. The van der Waals surface area contributed by atoms with Crippen LogP contribution in [0.2, 0.25) is 0 Å². The fraction of sp³-hybridized carbons (Fsp3) is 0.348. The molecule has 0 radical (unpaired) electrons. The Hall–Kier alpha value is -3.04. The molecule has 2 amide bonds. The summed E-state index contributed by atoms with van der Waals surface area (Å²) in [4.78, 5) is 38.1. The monoisotopic (exact) mass is 457 g/mol. The molecule has 1 saturated heterocycles. The van der Waals surface area contributed by atoms with Crippen molar-refractivity contribution in [1.29, 1.82) is 0 Å². The molecule has 1 aliphatic heterocycles. The normalized spacial score (nSPS) is 15.8. The lowest BCUT2D eigenvalue weighted by Crippen LogP contribution is -2.49. The first-order valence-electron chi connectivity index (χ1n) is 10.5. The van der Waals surface area contributed by atoms with Crippen LogP contribution in [0.3, 0.4) is 0 Å². The molecule has 1 atom stereocenters. The highest BCUT2D eigenvalue weighted by Gasteiger charge is 2.31. The van der Waals surface area contributed by atoms with E-state index in [0.717, 1.165) is 0 Å². The van der Waals surface area contributed by atoms with Crippen molar-refractivity contribution in [3.63, 3.8) is 0 Å². The average Bonchev–Trinajstić information content (AvgIpc) is 2.78. The number of hydrogen-bond donors (Lipinski definition) is 2. The molecule has 1 aliphatic rings. The summed E-state index contributed by atoms with van der Waals surface area (Å²) < 4.78 is 27.7. The molecule has 0 aromatic heterocycles. The number of anilines is 1. The minimum atomic E-state index is -3.91. The van der Waals surface area contributed by atoms with Gasteiger partial charge in [-0.2, -0.15) is 4.72 Å². The van der Waals surface area contributed by atoms with Crippen molar-refractivity contribution in [2.45, 2.75) is 37.6 Å². The Morgan fingerprint density at radius 2 is 1.56 bits per heavy atom. The third-order valence-corrected chi connectivity index (χ3v) is 6.98. The highest BCUT2D eigenvalue weighted by molar-refractivity contribution is 7.89. The van der Waals surface area contributed by atoms with Crippen LogP contribution < -0.4 is 10.0 Å². The van der Waals surface area contributed by atoms with Gasteiger partial charge in [-0.1, -0.05) is 30.3 Å². The lowest BCUT2D eigenvalue weighted by Gasteiger charge is -2.33. The minimum absolute atomic E-state index is 0.00146. The van der Waals surface area contributed by atoms with Crippen LogP contribution in [0, 0.1) is 5.92 Å². The predicted octanol–water partition coefficient (Wildman–Crippen LogP) is 2.43. The van der Waals surface area contributed by atoms with E-state index in [1.807, 2.05) is 18.2 Å². The average molecular weight is 458 g/mol. The highest BCUT2D eigenvalue weighted by Crippen LogP contribution is 2.22. The number of likely N-dealkylation sites (tertiary alicyclic amines) is 1. The van der Waals surface area contributed by atoms with Crippen molar-refractivity contribution >= 4 is 33.3 Å². The molecule has 3 rings (SSSR count). The Morgan fingerprint density at radius 3 is 2.12 bits per heavy atom. The van der Waals surface area contributed by atoms with E-state index in [1.165, 1.54) is 38.1 Å². The number of hydrogen-bond acceptors (Lipinski definition) is 5. The number of nitrogens with one attached hydrogen (secondary N) is 2. The molecule has 170 valence electrons. The molecule has 0 saturated carbocycles. The zero-order valence-electron chi connectivity index (χ0n) is 18.1. The predicted molar refractivity (Wildman–Crippen MR) is 121 cm³/mol. The maximum Gasteiger partial charge on any atom is 0.241 e. The lowest BCUT2D eigenvalue weighted by atomic mass is 9.89. The summed E-state index contributed by atoms with van der Waals surface area (Å²) >= 11 is 0. The zero-order valence-corrected chi connectivity index (χ0v) is 18.9. The van der Waals surface area contributed by atoms with Gasteiger partial charge in [-0.3, -0.25) is 14.4 Å². The molecule has 2 aromatic carbocycles. The van der Waals surface area contributed by atoms with E-state index in [9.17, 15) is 22.8 Å². The van der Waals surface area contributed by atoms with Gasteiger partial charge >= 0.3 is 0 Å². The van der Waals surface area contributed by atoms with E-state index in [-0.39, 0.29) is 28.4 Å². The van der Waals surface area contributed by atoms with E-state index < -0.39 is 16.1 Å². The van der Waals surface area contributed by atoms with Gasteiger partial charge in [0.15, 0.2) is 5.78 Å². The van der Waals surface area contributed by atoms with Crippen LogP contribution in [0.5, 0.6) is 0 Å². The molecular formula is C23H27N3O5S. The number of piperidine rings is 1. The standard InChI is InChI=1S/C23H27N3O5S/c1-16(25-32(30,31)21-10-8-20(9-11-21)24-17(2)27)23(29)26-14-12-19(13-15-26)22(28)18-6-4-3-5-7-18/h3-11,16,19,25H,12-15H2,1-2H3,(H,24,27)/t16-/m0/s1. The second kappa shape index (κ2) is 10.1. The second-order valence-corrected chi connectivity index (χ2v) is 9.59. The first-order chi connectivity index (χ1) is 15.2. The molecule has 0 bridgehead atoms. The Labute approximate surface area is 188 Å². The molecule has 0 spiro atoms. The van der Waals surface area contributed by atoms with Crippen LogP contribution in [-0.4, -0.2) is 50.0 Å². The van der Waals surface area contributed by atoms with Gasteiger partial charge in [0, 0.05) is 37.2 Å². The van der Waals surface area contributed by atoms with Crippen LogP contribution in [-0.2, 0) is 19.6 Å². The number of nitrogens with zero attached hydrogens (tertiary/aromatic N) is 1. The number of rotatable bonds is 7. The van der Waals surface area contributed by atoms with Crippen LogP contribution in [0.4, 0.5) is 5.69 Å². The van der Waals surface area contributed by atoms with Gasteiger partial charge in [0.1, 0.15) is 0 Å². The Balaban J connectivity index is 1.56. The van der Waals surface area contributed by atoms with E-state index in [2.05, 4.69) is 10.0 Å². The fourth-order valence-corrected chi connectivity index (χ4v) is 4.94. The zero-order chi connectivity index (χ0) is 23.3. The van der Waals surface area contributed by atoms with Gasteiger partial charge in [-0.05, 0) is 44.0 Å². The summed E-state index contributed by atoms with van der Waals surface area (Å²) in [5, 5.41) is 2.57. The molecule has 32 heavy (non-hydrogen) atoms. The third-order valence-electron chi connectivity index (χ3n) is 5.42. The van der Waals surface area contributed by atoms with E-state index >= 15 is 0 Å². The maximum atomic E-state index is 12.8. The molecule has 9 heteroatoms. The van der Waals surface area contributed by atoms with Gasteiger partial charge in [0.05, 0.1) is 10.9 Å². The van der Waals surface area contributed by atoms with Crippen molar-refractivity contribution in [1.82, 2.24) is 9.62 Å². The number of Topliss-reactive ketones (excluding diaryl/α,β-unsaturated/α-hetero) is 1. The topological polar surface area (TPSA) is 113 Å². The van der Waals surface area contributed by atoms with Crippen molar-refractivity contribution in [2.24, 2.45) is 5.92 Å². The summed E-state index contributed by atoms with van der Waals surface area (Å²) in [5.41, 5.74) is 1.15. The van der Waals surface area contributed by atoms with Gasteiger partial charge in [-0.25, -0.2) is 8.42 Å². The summed E-state index contributed by atoms with van der Waals surface area (Å²) in [6, 6.07) is 13.8. The van der Waals surface area contributed by atoms with Gasteiger partial charge in [0.25, 0.3) is 0 Å². The SMILES string of the molecule is CC(=O)Nc1ccc(S(=O)(=O)N[C@@H](C)C(=O)N2CCC(C(=O)c3ccccc3)CC2)cc1. The first-order valence-corrected chi connectivity index (χ1v) is 11.9. The number of benzene rings is 2. The number of ketones is 1. The first kappa shape index (κ1) is 23.6. The number of amides is 2. The molecular weight excluding hydrogens is 430 g/mol. The summed E-state index contributed by atoms with van der Waals surface area (Å²) in [5.74, 6) is -0.647. The lowest BCUT2D eigenvalue weighted by molar-refractivity contribution is -0.133. The Bertz CT molecular complexity index is 1080. The molecule has 2 aromatic rings. The highest BCUT2D eigenvalue weighted by atomic mass is 32.2. The second-order valence-electron chi connectivity index (χ2n) is 7.88. The molecule has 1 fully saturated rings. The molecule has 1 heterocycles. The van der Waals surface area contributed by atoms with Gasteiger partial charge in [0.2, 0.25) is 21.8 Å². The fourth-order valence-electron chi connectivity index (χ4n) is 3.75. The van der Waals surface area contributed by atoms with Crippen molar-refractivity contribution in [3.05, 3.63) is 60.2 Å². The maximum absolute atomic E-state index is 12.8. The summed E-state index contributed by atoms with van der Waals surface area (Å²) in [6.07, 6.45) is 1.09. The van der Waals surface area contributed by atoms with Crippen LogP contribution >= 0.6 is 0 Å². The summed E-state index contributed by atoms with van der Waals surface area (Å²) in [7, 11) is -3.91. The Morgan fingerprint density at radius 1 is 0.969 bits per heavy atom. The van der Waals surface area contributed by atoms with Gasteiger partial charge in [-0.15, -0.1) is 0 Å². The smallest absolute Gasteiger partial charge is 0.241 e. The molecule has 0 unspecified atom stereocenters. The van der Waals surface area contributed by atoms with Crippen molar-refractivity contribution in [3.8, 4) is 0 Å². The number of sulfonamides is 1. The van der Waals surface area contributed by atoms with E-state index in [1.54, 1.807) is 17.0 Å². The largest absolute Gasteiger partial charge is 0.341 e. The summed E-state index contributed by atoms with van der Waals surface area (Å²) in [6.45, 7) is 3.67. The minimum Gasteiger partial charge on any atom is -0.341 e. The number of carbonyl (C=O) groups is 3. The Kier molecular flexibility index (Phi) is 7.42.